The third-order valence-electron chi connectivity index (χ3n) is 4.07. The van der Waals surface area contributed by atoms with Crippen molar-refractivity contribution in [2.24, 2.45) is 0 Å². The van der Waals surface area contributed by atoms with Crippen molar-refractivity contribution in [2.45, 2.75) is 24.3 Å². The van der Waals surface area contributed by atoms with E-state index in [0.717, 1.165) is 0 Å². The van der Waals surface area contributed by atoms with E-state index in [-0.39, 0.29) is 16.8 Å². The molecule has 7 heteroatoms. The van der Waals surface area contributed by atoms with E-state index in [9.17, 15) is 13.2 Å². The van der Waals surface area contributed by atoms with Crippen LogP contribution in [0.25, 0.3) is 0 Å². The maximum absolute atomic E-state index is 12.9. The molecule has 0 fully saturated rings. The number of amides is 1. The lowest BCUT2D eigenvalue weighted by molar-refractivity contribution is 0.0894. The highest BCUT2D eigenvalue weighted by atomic mass is 32.2. The van der Waals surface area contributed by atoms with Crippen molar-refractivity contribution in [3.8, 4) is 0 Å². The molecule has 0 aliphatic heterocycles. The molecule has 2 aromatic rings. The van der Waals surface area contributed by atoms with Gasteiger partial charge in [0.15, 0.2) is 0 Å². The molecule has 1 atom stereocenters. The van der Waals surface area contributed by atoms with Gasteiger partial charge in [-0.3, -0.25) is 9.10 Å². The molecule has 2 rings (SSSR count). The Labute approximate surface area is 154 Å². The first-order valence-electron chi connectivity index (χ1n) is 8.34. The molecule has 2 aromatic carbocycles. The molecule has 0 aromatic heterocycles. The van der Waals surface area contributed by atoms with E-state index in [1.54, 1.807) is 43.5 Å². The van der Waals surface area contributed by atoms with Crippen LogP contribution in [0, 0.1) is 0 Å². The van der Waals surface area contributed by atoms with E-state index in [1.165, 1.54) is 23.5 Å². The number of hydrogen-bond acceptors (Lipinski definition) is 4. The topological polar surface area (TPSA) is 75.7 Å². The van der Waals surface area contributed by atoms with Gasteiger partial charge in [-0.25, -0.2) is 8.42 Å². The minimum absolute atomic E-state index is 0.0660. The highest BCUT2D eigenvalue weighted by molar-refractivity contribution is 7.92. The summed E-state index contributed by atoms with van der Waals surface area (Å²) in [5.41, 5.74) is 0.843. The van der Waals surface area contributed by atoms with E-state index in [0.29, 0.717) is 24.3 Å². The van der Waals surface area contributed by atoms with Crippen LogP contribution in [0.2, 0.25) is 0 Å². The van der Waals surface area contributed by atoms with Crippen molar-refractivity contribution in [2.75, 3.05) is 25.1 Å². The molecule has 26 heavy (non-hydrogen) atoms. The summed E-state index contributed by atoms with van der Waals surface area (Å²) in [4.78, 5) is 12.5. The molecule has 0 saturated carbocycles. The van der Waals surface area contributed by atoms with Gasteiger partial charge in [-0.2, -0.15) is 0 Å². The highest BCUT2D eigenvalue weighted by Gasteiger charge is 2.22. The van der Waals surface area contributed by atoms with E-state index in [4.69, 9.17) is 4.74 Å². The van der Waals surface area contributed by atoms with E-state index < -0.39 is 10.0 Å². The minimum Gasteiger partial charge on any atom is -0.383 e. The van der Waals surface area contributed by atoms with Gasteiger partial charge >= 0.3 is 0 Å². The molecule has 1 amide bonds. The number of rotatable bonds is 8. The lowest BCUT2D eigenvalue weighted by Gasteiger charge is -2.20. The third-order valence-corrected chi connectivity index (χ3v) is 5.85. The van der Waals surface area contributed by atoms with Crippen LogP contribution in [0.3, 0.4) is 0 Å². The van der Waals surface area contributed by atoms with Crippen molar-refractivity contribution in [3.05, 3.63) is 60.2 Å². The quantitative estimate of drug-likeness (QED) is 0.768. The number of carbonyl (C=O) groups excluding carboxylic acids is 1. The second kappa shape index (κ2) is 8.82. The second-order valence-corrected chi connectivity index (χ2v) is 7.84. The van der Waals surface area contributed by atoms with Gasteiger partial charge in [0, 0.05) is 19.7 Å². The third kappa shape index (κ3) is 4.62. The number of nitrogens with one attached hydrogen (secondary N) is 1. The minimum atomic E-state index is -3.76. The number of benzene rings is 2. The number of para-hydroxylation sites is 1. The van der Waals surface area contributed by atoms with Crippen molar-refractivity contribution < 1.29 is 17.9 Å². The molecule has 6 nitrogen and oxygen atoms in total. The highest BCUT2D eigenvalue weighted by Crippen LogP contribution is 2.22. The maximum atomic E-state index is 12.9. The number of ether oxygens (including phenoxy) is 1. The summed E-state index contributed by atoms with van der Waals surface area (Å²) < 4.78 is 32.0. The summed E-state index contributed by atoms with van der Waals surface area (Å²) in [5.74, 6) is -0.326. The molecule has 1 N–H and O–H groups in total. The largest absolute Gasteiger partial charge is 0.383 e. The Bertz CT molecular complexity index is 838. The smallest absolute Gasteiger partial charge is 0.264 e. The predicted octanol–water partition coefficient (Wildman–Crippen LogP) is 2.67. The van der Waals surface area contributed by atoms with Gasteiger partial charge in [0.25, 0.3) is 15.9 Å². The summed E-state index contributed by atoms with van der Waals surface area (Å²) in [6.45, 7) is 2.34. The van der Waals surface area contributed by atoms with Gasteiger partial charge in [-0.1, -0.05) is 31.2 Å². The zero-order valence-corrected chi connectivity index (χ0v) is 16.0. The maximum Gasteiger partial charge on any atom is 0.264 e. The fourth-order valence-corrected chi connectivity index (χ4v) is 3.71. The summed E-state index contributed by atoms with van der Waals surface area (Å²) in [6.07, 6.45) is 0.717. The fraction of sp³-hybridized carbons (Fsp3) is 0.316. The first kappa shape index (κ1) is 19.9. The number of carbonyl (C=O) groups is 1. The zero-order valence-electron chi connectivity index (χ0n) is 15.2. The standard InChI is InChI=1S/C19H24N2O4S/c1-4-16(14-25-3)20-19(22)15-9-8-12-18(13-15)26(23,24)21(2)17-10-6-5-7-11-17/h5-13,16H,4,14H2,1-3H3,(H,20,22)/t16-/m1/s1. The fourth-order valence-electron chi connectivity index (χ4n) is 2.46. The molecular formula is C19H24N2O4S. The van der Waals surface area contributed by atoms with E-state index >= 15 is 0 Å². The number of sulfonamides is 1. The Morgan fingerprint density at radius 3 is 2.46 bits per heavy atom. The van der Waals surface area contributed by atoms with Gasteiger partial charge in [-0.05, 0) is 36.8 Å². The molecule has 0 spiro atoms. The van der Waals surface area contributed by atoms with Crippen LogP contribution in [0.4, 0.5) is 5.69 Å². The van der Waals surface area contributed by atoms with Crippen LogP contribution in [0.15, 0.2) is 59.5 Å². The number of anilines is 1. The lowest BCUT2D eigenvalue weighted by atomic mass is 10.2. The molecule has 0 aliphatic carbocycles. The van der Waals surface area contributed by atoms with Gasteiger partial charge in [0.1, 0.15) is 0 Å². The Hall–Kier alpha value is -2.38. The van der Waals surface area contributed by atoms with E-state index in [1.807, 2.05) is 13.0 Å². The van der Waals surface area contributed by atoms with Crippen LogP contribution >= 0.6 is 0 Å². The van der Waals surface area contributed by atoms with Gasteiger partial charge in [0.2, 0.25) is 0 Å². The Morgan fingerprint density at radius 2 is 1.85 bits per heavy atom. The molecule has 0 unspecified atom stereocenters. The van der Waals surface area contributed by atoms with Crippen LogP contribution in [0.1, 0.15) is 23.7 Å². The van der Waals surface area contributed by atoms with Crippen LogP contribution < -0.4 is 9.62 Å². The van der Waals surface area contributed by atoms with Crippen molar-refractivity contribution >= 4 is 21.6 Å². The molecule has 140 valence electrons. The molecule has 0 heterocycles. The van der Waals surface area contributed by atoms with Crippen molar-refractivity contribution in [1.29, 1.82) is 0 Å². The molecule has 0 radical (unpaired) electrons. The summed E-state index contributed by atoms with van der Waals surface area (Å²) in [7, 11) is -0.704. The van der Waals surface area contributed by atoms with Gasteiger partial charge in [-0.15, -0.1) is 0 Å². The average molecular weight is 376 g/mol. The van der Waals surface area contributed by atoms with Crippen LogP contribution in [-0.4, -0.2) is 41.1 Å². The number of nitrogens with zero attached hydrogens (tertiary/aromatic N) is 1. The Balaban J connectivity index is 2.26. The predicted molar refractivity (Wildman–Crippen MR) is 102 cm³/mol. The van der Waals surface area contributed by atoms with Crippen molar-refractivity contribution in [1.82, 2.24) is 5.32 Å². The summed E-state index contributed by atoms with van der Waals surface area (Å²) in [6, 6.07) is 14.7. The Kier molecular flexibility index (Phi) is 6.76. The first-order chi connectivity index (χ1) is 12.4. The summed E-state index contributed by atoms with van der Waals surface area (Å²) in [5, 5.41) is 2.85. The van der Waals surface area contributed by atoms with Crippen molar-refractivity contribution in [3.63, 3.8) is 0 Å². The van der Waals surface area contributed by atoms with E-state index in [2.05, 4.69) is 5.32 Å². The number of methoxy groups -OCH3 is 1. The average Bonchev–Trinajstić information content (AvgIpc) is 2.67. The summed E-state index contributed by atoms with van der Waals surface area (Å²) >= 11 is 0. The lowest BCUT2D eigenvalue weighted by Crippen LogP contribution is -2.37. The first-order valence-corrected chi connectivity index (χ1v) is 9.78. The molecule has 0 aliphatic rings. The van der Waals surface area contributed by atoms with Crippen LogP contribution in [0.5, 0.6) is 0 Å². The van der Waals surface area contributed by atoms with Crippen LogP contribution in [-0.2, 0) is 14.8 Å². The Morgan fingerprint density at radius 1 is 1.15 bits per heavy atom. The van der Waals surface area contributed by atoms with Gasteiger partial charge < -0.3 is 10.1 Å². The monoisotopic (exact) mass is 376 g/mol. The number of hydrogen-bond donors (Lipinski definition) is 1. The SMILES string of the molecule is CC[C@H](COC)NC(=O)c1cccc(S(=O)(=O)N(C)c2ccccc2)c1. The second-order valence-electron chi connectivity index (χ2n) is 5.87. The zero-order chi connectivity index (χ0) is 19.2. The van der Waals surface area contributed by atoms with Gasteiger partial charge in [0.05, 0.1) is 23.2 Å². The molecule has 0 bridgehead atoms. The normalized spacial score (nSPS) is 12.4. The molecular weight excluding hydrogens is 352 g/mol. The molecule has 0 saturated heterocycles.